The Morgan fingerprint density at radius 2 is 1.92 bits per heavy atom. The van der Waals surface area contributed by atoms with Gasteiger partial charge in [0.2, 0.25) is 5.95 Å². The Balaban J connectivity index is 2.06. The van der Waals surface area contributed by atoms with Crippen LogP contribution in [0.2, 0.25) is 0 Å². The lowest BCUT2D eigenvalue weighted by atomic mass is 10.4. The lowest BCUT2D eigenvalue weighted by molar-refractivity contribution is 0.709. The molecule has 1 aliphatic rings. The standard InChI is InChI=1S/C9H13N4/c1-4-11-9(12-5-1)13-7-2-3-10-6-8-13/h1,4-5H,2-3,6-8H2. The van der Waals surface area contributed by atoms with Crippen LogP contribution in [0.4, 0.5) is 5.95 Å². The van der Waals surface area contributed by atoms with E-state index >= 15 is 0 Å². The summed E-state index contributed by atoms with van der Waals surface area (Å²) >= 11 is 0. The number of aromatic nitrogens is 2. The largest absolute Gasteiger partial charge is 0.339 e. The van der Waals surface area contributed by atoms with E-state index in [0.717, 1.165) is 38.5 Å². The van der Waals surface area contributed by atoms with Crippen molar-refractivity contribution in [3.63, 3.8) is 0 Å². The van der Waals surface area contributed by atoms with Gasteiger partial charge in [-0.2, -0.15) is 0 Å². The van der Waals surface area contributed by atoms with Crippen molar-refractivity contribution in [2.24, 2.45) is 0 Å². The van der Waals surface area contributed by atoms with E-state index in [-0.39, 0.29) is 0 Å². The molecular weight excluding hydrogens is 164 g/mol. The Bertz CT molecular complexity index is 241. The van der Waals surface area contributed by atoms with Gasteiger partial charge in [0.05, 0.1) is 0 Å². The van der Waals surface area contributed by atoms with Crippen molar-refractivity contribution in [3.8, 4) is 0 Å². The summed E-state index contributed by atoms with van der Waals surface area (Å²) in [6.45, 7) is 3.85. The third-order valence-electron chi connectivity index (χ3n) is 2.11. The molecule has 0 unspecified atom stereocenters. The van der Waals surface area contributed by atoms with Crippen molar-refractivity contribution in [3.05, 3.63) is 18.5 Å². The molecule has 4 heteroatoms. The maximum atomic E-state index is 4.35. The van der Waals surface area contributed by atoms with Crippen LogP contribution in [-0.4, -0.2) is 36.1 Å². The van der Waals surface area contributed by atoms with E-state index in [1.165, 1.54) is 0 Å². The van der Waals surface area contributed by atoms with Gasteiger partial charge >= 0.3 is 0 Å². The SMILES string of the molecule is c1cnc(N2CCC[N]CC2)nc1. The number of hydrogen-bond donors (Lipinski definition) is 0. The molecule has 1 aromatic heterocycles. The van der Waals surface area contributed by atoms with Crippen LogP contribution in [-0.2, 0) is 0 Å². The highest BCUT2D eigenvalue weighted by Gasteiger charge is 2.10. The van der Waals surface area contributed by atoms with Gasteiger partial charge in [0.15, 0.2) is 0 Å². The van der Waals surface area contributed by atoms with Crippen molar-refractivity contribution in [1.82, 2.24) is 15.3 Å². The van der Waals surface area contributed by atoms with Crippen LogP contribution in [0.25, 0.3) is 0 Å². The second-order valence-corrected chi connectivity index (χ2v) is 3.06. The van der Waals surface area contributed by atoms with E-state index < -0.39 is 0 Å². The molecule has 0 aromatic carbocycles. The van der Waals surface area contributed by atoms with Crippen molar-refractivity contribution in [2.75, 3.05) is 31.1 Å². The minimum Gasteiger partial charge on any atom is -0.339 e. The predicted molar refractivity (Wildman–Crippen MR) is 50.7 cm³/mol. The molecule has 1 aliphatic heterocycles. The Morgan fingerprint density at radius 3 is 2.77 bits per heavy atom. The van der Waals surface area contributed by atoms with Crippen molar-refractivity contribution < 1.29 is 0 Å². The van der Waals surface area contributed by atoms with Gasteiger partial charge in [0.25, 0.3) is 0 Å². The molecule has 1 saturated heterocycles. The molecule has 0 bridgehead atoms. The second kappa shape index (κ2) is 4.18. The minimum absolute atomic E-state index is 0.833. The number of anilines is 1. The number of hydrogen-bond acceptors (Lipinski definition) is 3. The normalized spacial score (nSPS) is 18.3. The summed E-state index contributed by atoms with van der Waals surface area (Å²) in [4.78, 5) is 10.6. The molecule has 2 rings (SSSR count). The molecule has 1 fully saturated rings. The van der Waals surface area contributed by atoms with Crippen molar-refractivity contribution >= 4 is 5.95 Å². The fraction of sp³-hybridized carbons (Fsp3) is 0.556. The first-order valence-corrected chi connectivity index (χ1v) is 4.62. The van der Waals surface area contributed by atoms with Gasteiger partial charge in [0, 0.05) is 38.6 Å². The van der Waals surface area contributed by atoms with Gasteiger partial charge in [-0.15, -0.1) is 0 Å². The van der Waals surface area contributed by atoms with Crippen LogP contribution >= 0.6 is 0 Å². The molecule has 0 spiro atoms. The highest BCUT2D eigenvalue weighted by molar-refractivity contribution is 5.28. The smallest absolute Gasteiger partial charge is 0.225 e. The van der Waals surface area contributed by atoms with E-state index in [4.69, 9.17) is 0 Å². The maximum absolute atomic E-state index is 4.35. The first-order chi connectivity index (χ1) is 6.47. The quantitative estimate of drug-likeness (QED) is 0.619. The molecule has 1 aromatic rings. The van der Waals surface area contributed by atoms with Crippen LogP contribution in [0.1, 0.15) is 6.42 Å². The van der Waals surface area contributed by atoms with Gasteiger partial charge in [-0.3, -0.25) is 0 Å². The van der Waals surface area contributed by atoms with Crippen LogP contribution in [0, 0.1) is 0 Å². The van der Waals surface area contributed by atoms with Crippen LogP contribution < -0.4 is 10.2 Å². The zero-order valence-electron chi connectivity index (χ0n) is 7.56. The van der Waals surface area contributed by atoms with Crippen LogP contribution in [0.15, 0.2) is 18.5 Å². The molecule has 4 nitrogen and oxygen atoms in total. The summed E-state index contributed by atoms with van der Waals surface area (Å²) < 4.78 is 0. The average Bonchev–Trinajstić information content (AvgIpc) is 2.47. The molecular formula is C9H13N4. The zero-order valence-corrected chi connectivity index (χ0v) is 7.56. The van der Waals surface area contributed by atoms with E-state index in [2.05, 4.69) is 20.2 Å². The first kappa shape index (κ1) is 8.44. The summed E-state index contributed by atoms with van der Waals surface area (Å²) in [5, 5.41) is 4.35. The Morgan fingerprint density at radius 1 is 1.08 bits per heavy atom. The van der Waals surface area contributed by atoms with Crippen LogP contribution in [0.3, 0.4) is 0 Å². The second-order valence-electron chi connectivity index (χ2n) is 3.06. The topological polar surface area (TPSA) is 43.1 Å². The molecule has 0 aliphatic carbocycles. The Kier molecular flexibility index (Phi) is 2.72. The summed E-state index contributed by atoms with van der Waals surface area (Å²) in [7, 11) is 0. The van der Waals surface area contributed by atoms with E-state index in [9.17, 15) is 0 Å². The first-order valence-electron chi connectivity index (χ1n) is 4.62. The Hall–Kier alpha value is -1.16. The molecule has 2 heterocycles. The number of nitrogens with zero attached hydrogens (tertiary/aromatic N) is 4. The van der Waals surface area contributed by atoms with Gasteiger partial charge < -0.3 is 4.90 Å². The van der Waals surface area contributed by atoms with E-state index in [1.807, 2.05) is 6.07 Å². The number of rotatable bonds is 1. The highest BCUT2D eigenvalue weighted by Crippen LogP contribution is 2.06. The lowest BCUT2D eigenvalue weighted by Gasteiger charge is -2.18. The van der Waals surface area contributed by atoms with Crippen LogP contribution in [0.5, 0.6) is 0 Å². The highest BCUT2D eigenvalue weighted by atomic mass is 15.3. The molecule has 0 amide bonds. The minimum atomic E-state index is 0.833. The fourth-order valence-corrected chi connectivity index (χ4v) is 1.44. The molecule has 0 atom stereocenters. The predicted octanol–water partition coefficient (Wildman–Crippen LogP) is 0.291. The fourth-order valence-electron chi connectivity index (χ4n) is 1.44. The van der Waals surface area contributed by atoms with Gasteiger partial charge in [0.1, 0.15) is 0 Å². The molecule has 0 N–H and O–H groups in total. The van der Waals surface area contributed by atoms with Gasteiger partial charge in [-0.05, 0) is 12.5 Å². The molecule has 69 valence electrons. The van der Waals surface area contributed by atoms with E-state index in [0.29, 0.717) is 0 Å². The summed E-state index contributed by atoms with van der Waals surface area (Å²) in [5.41, 5.74) is 0. The molecule has 1 radical (unpaired) electrons. The van der Waals surface area contributed by atoms with Crippen molar-refractivity contribution in [1.29, 1.82) is 0 Å². The lowest BCUT2D eigenvalue weighted by Crippen LogP contribution is -2.28. The summed E-state index contributed by atoms with van der Waals surface area (Å²) in [5.74, 6) is 0.833. The molecule has 0 saturated carbocycles. The van der Waals surface area contributed by atoms with Crippen molar-refractivity contribution in [2.45, 2.75) is 6.42 Å². The third-order valence-corrected chi connectivity index (χ3v) is 2.11. The molecule has 13 heavy (non-hydrogen) atoms. The van der Waals surface area contributed by atoms with Gasteiger partial charge in [-0.1, -0.05) is 0 Å². The monoisotopic (exact) mass is 177 g/mol. The zero-order chi connectivity index (χ0) is 8.93. The maximum Gasteiger partial charge on any atom is 0.225 e. The summed E-state index contributed by atoms with van der Waals surface area (Å²) in [6.07, 6.45) is 4.67. The third kappa shape index (κ3) is 2.15. The average molecular weight is 177 g/mol. The van der Waals surface area contributed by atoms with E-state index in [1.54, 1.807) is 12.4 Å². The van der Waals surface area contributed by atoms with Gasteiger partial charge in [-0.25, -0.2) is 15.3 Å². The summed E-state index contributed by atoms with van der Waals surface area (Å²) in [6, 6.07) is 1.84. The Labute approximate surface area is 78.0 Å².